The van der Waals surface area contributed by atoms with Crippen molar-refractivity contribution in [2.24, 2.45) is 17.6 Å². The Morgan fingerprint density at radius 3 is 2.60 bits per heavy atom. The molecule has 0 amide bonds. The van der Waals surface area contributed by atoms with Crippen LogP contribution in [0.1, 0.15) is 26.2 Å². The van der Waals surface area contributed by atoms with Gasteiger partial charge in [0.15, 0.2) is 9.84 Å². The van der Waals surface area contributed by atoms with Crippen LogP contribution in [-0.2, 0) is 9.84 Å². The molecule has 0 spiro atoms. The van der Waals surface area contributed by atoms with Gasteiger partial charge < -0.3 is 5.73 Å². The summed E-state index contributed by atoms with van der Waals surface area (Å²) >= 11 is 0. The highest BCUT2D eigenvalue weighted by atomic mass is 32.2. The molecule has 0 bridgehead atoms. The van der Waals surface area contributed by atoms with Gasteiger partial charge in [-0.3, -0.25) is 0 Å². The van der Waals surface area contributed by atoms with Gasteiger partial charge in [0.2, 0.25) is 0 Å². The predicted octanol–water partition coefficient (Wildman–Crippen LogP) is 2.50. The largest absolute Gasteiger partial charge is 0.330 e. The SMILES string of the molecule is CC1CCC(CN)C(S(=O)(=O)c2ccc(F)cc2F)C1. The van der Waals surface area contributed by atoms with Crippen LogP contribution in [0.4, 0.5) is 8.78 Å². The first-order valence-corrected chi connectivity index (χ1v) is 8.30. The maximum Gasteiger partial charge on any atom is 0.184 e. The molecule has 112 valence electrons. The average Bonchev–Trinajstić information content (AvgIpc) is 2.38. The van der Waals surface area contributed by atoms with Gasteiger partial charge in [0, 0.05) is 6.07 Å². The fraction of sp³-hybridized carbons (Fsp3) is 0.571. The Bertz CT molecular complexity index is 589. The summed E-state index contributed by atoms with van der Waals surface area (Å²) < 4.78 is 51.9. The van der Waals surface area contributed by atoms with Crippen LogP contribution >= 0.6 is 0 Å². The third-order valence-corrected chi connectivity index (χ3v) is 6.41. The zero-order valence-electron chi connectivity index (χ0n) is 11.4. The standard InChI is InChI=1S/C14H19F2NO2S/c1-9-2-3-10(8-17)14(6-9)20(18,19)13-5-4-11(15)7-12(13)16/h4-5,7,9-10,14H,2-3,6,8,17H2,1H3. The van der Waals surface area contributed by atoms with Crippen LogP contribution in [0.5, 0.6) is 0 Å². The van der Waals surface area contributed by atoms with Crippen molar-refractivity contribution in [3.63, 3.8) is 0 Å². The van der Waals surface area contributed by atoms with Crippen LogP contribution in [0.25, 0.3) is 0 Å². The van der Waals surface area contributed by atoms with Crippen molar-refractivity contribution in [2.75, 3.05) is 6.54 Å². The van der Waals surface area contributed by atoms with Crippen molar-refractivity contribution in [3.05, 3.63) is 29.8 Å². The molecule has 0 aliphatic heterocycles. The van der Waals surface area contributed by atoms with E-state index < -0.39 is 31.6 Å². The van der Waals surface area contributed by atoms with Crippen LogP contribution < -0.4 is 5.73 Å². The molecule has 2 rings (SSSR count). The van der Waals surface area contributed by atoms with E-state index in [1.165, 1.54) is 0 Å². The van der Waals surface area contributed by atoms with Crippen LogP contribution in [-0.4, -0.2) is 20.2 Å². The average molecular weight is 303 g/mol. The molecule has 1 fully saturated rings. The van der Waals surface area contributed by atoms with E-state index in [1.54, 1.807) is 0 Å². The molecule has 1 aliphatic carbocycles. The number of benzene rings is 1. The Hall–Kier alpha value is -1.01. The molecule has 3 unspecified atom stereocenters. The lowest BCUT2D eigenvalue weighted by Gasteiger charge is -2.33. The normalized spacial score (nSPS) is 27.5. The maximum absolute atomic E-state index is 13.8. The van der Waals surface area contributed by atoms with Crippen LogP contribution in [0.15, 0.2) is 23.1 Å². The quantitative estimate of drug-likeness (QED) is 0.873. The minimum atomic E-state index is -3.83. The zero-order valence-corrected chi connectivity index (χ0v) is 12.2. The second kappa shape index (κ2) is 5.77. The zero-order chi connectivity index (χ0) is 14.9. The van der Waals surface area contributed by atoms with E-state index in [0.717, 1.165) is 25.0 Å². The highest BCUT2D eigenvalue weighted by Gasteiger charge is 2.39. The Labute approximate surface area is 118 Å². The number of rotatable bonds is 3. The monoisotopic (exact) mass is 303 g/mol. The van der Waals surface area contributed by atoms with Gasteiger partial charge in [-0.1, -0.05) is 13.3 Å². The van der Waals surface area contributed by atoms with Gasteiger partial charge >= 0.3 is 0 Å². The van der Waals surface area contributed by atoms with Crippen molar-refractivity contribution in [3.8, 4) is 0 Å². The van der Waals surface area contributed by atoms with Gasteiger partial charge in [-0.25, -0.2) is 17.2 Å². The lowest BCUT2D eigenvalue weighted by Crippen LogP contribution is -2.39. The van der Waals surface area contributed by atoms with Gasteiger partial charge in [-0.2, -0.15) is 0 Å². The molecule has 1 aromatic rings. The summed E-state index contributed by atoms with van der Waals surface area (Å²) in [6.45, 7) is 2.25. The Balaban J connectivity index is 2.42. The van der Waals surface area contributed by atoms with Crippen molar-refractivity contribution in [1.29, 1.82) is 0 Å². The van der Waals surface area contributed by atoms with E-state index >= 15 is 0 Å². The summed E-state index contributed by atoms with van der Waals surface area (Å²) in [4.78, 5) is -0.420. The molecular formula is C14H19F2NO2S. The Kier molecular flexibility index (Phi) is 4.44. The minimum Gasteiger partial charge on any atom is -0.330 e. The van der Waals surface area contributed by atoms with E-state index in [-0.39, 0.29) is 18.4 Å². The van der Waals surface area contributed by atoms with Gasteiger partial charge in [-0.05, 0) is 43.4 Å². The topological polar surface area (TPSA) is 60.2 Å². The lowest BCUT2D eigenvalue weighted by atomic mass is 9.82. The number of nitrogens with two attached hydrogens (primary N) is 1. The fourth-order valence-corrected chi connectivity index (χ4v) is 5.16. The van der Waals surface area contributed by atoms with E-state index in [9.17, 15) is 17.2 Å². The molecular weight excluding hydrogens is 284 g/mol. The maximum atomic E-state index is 13.8. The van der Waals surface area contributed by atoms with Gasteiger partial charge in [-0.15, -0.1) is 0 Å². The van der Waals surface area contributed by atoms with Crippen LogP contribution in [0, 0.1) is 23.5 Å². The number of halogens is 2. The van der Waals surface area contributed by atoms with E-state index in [2.05, 4.69) is 0 Å². The third-order valence-electron chi connectivity index (χ3n) is 4.09. The molecule has 0 radical (unpaired) electrons. The summed E-state index contributed by atoms with van der Waals surface area (Å²) in [7, 11) is -3.83. The van der Waals surface area contributed by atoms with Crippen molar-refractivity contribution < 1.29 is 17.2 Å². The predicted molar refractivity (Wildman–Crippen MR) is 72.9 cm³/mol. The van der Waals surface area contributed by atoms with Gasteiger partial charge in [0.25, 0.3) is 0 Å². The Morgan fingerprint density at radius 2 is 2.00 bits per heavy atom. The second-order valence-electron chi connectivity index (χ2n) is 5.57. The van der Waals surface area contributed by atoms with Crippen molar-refractivity contribution in [2.45, 2.75) is 36.3 Å². The van der Waals surface area contributed by atoms with E-state index in [4.69, 9.17) is 5.73 Å². The minimum absolute atomic E-state index is 0.166. The highest BCUT2D eigenvalue weighted by molar-refractivity contribution is 7.92. The number of hydrogen-bond acceptors (Lipinski definition) is 3. The molecule has 0 saturated heterocycles. The molecule has 1 aliphatic rings. The molecule has 1 saturated carbocycles. The smallest absolute Gasteiger partial charge is 0.184 e. The first kappa shape index (κ1) is 15.4. The highest BCUT2D eigenvalue weighted by Crippen LogP contribution is 2.36. The van der Waals surface area contributed by atoms with Gasteiger partial charge in [0.05, 0.1) is 5.25 Å². The molecule has 0 heterocycles. The Morgan fingerprint density at radius 1 is 1.30 bits per heavy atom. The van der Waals surface area contributed by atoms with E-state index in [1.807, 2.05) is 6.92 Å². The molecule has 2 N–H and O–H groups in total. The van der Waals surface area contributed by atoms with Crippen molar-refractivity contribution in [1.82, 2.24) is 0 Å². The molecule has 6 heteroatoms. The number of hydrogen-bond donors (Lipinski definition) is 1. The fourth-order valence-electron chi connectivity index (χ4n) is 2.91. The molecule has 1 aromatic carbocycles. The van der Waals surface area contributed by atoms with Crippen LogP contribution in [0.2, 0.25) is 0 Å². The number of sulfone groups is 1. The first-order chi connectivity index (χ1) is 9.36. The lowest BCUT2D eigenvalue weighted by molar-refractivity contribution is 0.296. The van der Waals surface area contributed by atoms with E-state index in [0.29, 0.717) is 12.5 Å². The summed E-state index contributed by atoms with van der Waals surface area (Å²) in [5.74, 6) is -1.71. The van der Waals surface area contributed by atoms with Crippen LogP contribution in [0.3, 0.4) is 0 Å². The second-order valence-corrected chi connectivity index (χ2v) is 7.71. The molecule has 0 aromatic heterocycles. The third kappa shape index (κ3) is 2.86. The molecule has 20 heavy (non-hydrogen) atoms. The van der Waals surface area contributed by atoms with Crippen molar-refractivity contribution >= 4 is 9.84 Å². The summed E-state index contributed by atoms with van der Waals surface area (Å²) in [5, 5.41) is -0.684. The first-order valence-electron chi connectivity index (χ1n) is 6.75. The summed E-state index contributed by atoms with van der Waals surface area (Å²) in [6, 6.07) is 2.59. The molecule has 3 nitrogen and oxygen atoms in total. The van der Waals surface area contributed by atoms with Gasteiger partial charge in [0.1, 0.15) is 16.5 Å². The molecule has 3 atom stereocenters. The summed E-state index contributed by atoms with van der Waals surface area (Å²) in [5.41, 5.74) is 5.66. The summed E-state index contributed by atoms with van der Waals surface area (Å²) in [6.07, 6.45) is 2.13.